The second-order valence-corrected chi connectivity index (χ2v) is 6.99. The molecule has 0 saturated carbocycles. The molecule has 7 nitrogen and oxygen atoms in total. The maximum absolute atomic E-state index is 13.6. The average Bonchev–Trinajstić information content (AvgIpc) is 2.78. The number of nitrogens with zero attached hydrogens (tertiary/aromatic N) is 1. The van der Waals surface area contributed by atoms with E-state index >= 15 is 0 Å². The Hall–Kier alpha value is -3.42. The summed E-state index contributed by atoms with van der Waals surface area (Å²) in [5.74, 6) is -1.34. The molecule has 30 heavy (non-hydrogen) atoms. The first-order valence-corrected chi connectivity index (χ1v) is 9.85. The van der Waals surface area contributed by atoms with Gasteiger partial charge in [-0.25, -0.2) is 4.39 Å². The Morgan fingerprint density at radius 3 is 2.33 bits per heavy atom. The van der Waals surface area contributed by atoms with Crippen LogP contribution in [0.5, 0.6) is 5.75 Å². The molecule has 158 valence electrons. The first-order valence-electron chi connectivity index (χ1n) is 9.85. The number of carbonyl (C=O) groups excluding carboxylic acids is 3. The van der Waals surface area contributed by atoms with Gasteiger partial charge in [-0.15, -0.1) is 0 Å². The van der Waals surface area contributed by atoms with Crippen LogP contribution < -0.4 is 15.6 Å². The third-order valence-electron chi connectivity index (χ3n) is 4.96. The van der Waals surface area contributed by atoms with E-state index < -0.39 is 11.7 Å². The highest BCUT2D eigenvalue weighted by atomic mass is 19.1. The number of nitrogens with one attached hydrogen (secondary N) is 2. The van der Waals surface area contributed by atoms with Gasteiger partial charge in [0, 0.05) is 19.0 Å². The molecule has 1 heterocycles. The predicted molar refractivity (Wildman–Crippen MR) is 108 cm³/mol. The third kappa shape index (κ3) is 5.79. The van der Waals surface area contributed by atoms with Crippen molar-refractivity contribution < 1.29 is 23.5 Å². The van der Waals surface area contributed by atoms with E-state index in [-0.39, 0.29) is 29.7 Å². The molecule has 0 spiro atoms. The lowest BCUT2D eigenvalue weighted by atomic mass is 9.96. The summed E-state index contributed by atoms with van der Waals surface area (Å²) in [4.78, 5) is 38.3. The molecule has 1 aliphatic rings. The van der Waals surface area contributed by atoms with E-state index in [2.05, 4.69) is 10.9 Å². The molecule has 3 rings (SSSR count). The number of benzene rings is 2. The van der Waals surface area contributed by atoms with Gasteiger partial charge in [0.05, 0.1) is 18.6 Å². The molecule has 0 unspecified atom stereocenters. The van der Waals surface area contributed by atoms with E-state index in [1.165, 1.54) is 24.3 Å². The molecule has 1 saturated heterocycles. The highest BCUT2D eigenvalue weighted by Gasteiger charge is 2.27. The van der Waals surface area contributed by atoms with Gasteiger partial charge in [-0.05, 0) is 37.1 Å². The smallest absolute Gasteiger partial charge is 0.272 e. The molecule has 3 amide bonds. The Balaban J connectivity index is 1.37. The summed E-state index contributed by atoms with van der Waals surface area (Å²) in [5.41, 5.74) is 4.44. The van der Waals surface area contributed by atoms with Gasteiger partial charge < -0.3 is 9.64 Å². The Labute approximate surface area is 174 Å². The second kappa shape index (κ2) is 10.4. The molecule has 2 aromatic carbocycles. The standard InChI is InChI=1S/C22H24FN3O4/c23-19-9-5-4-8-18(19)22(29)25-24-21(28)16-10-13-26(14-11-16)20(27)12-15-30-17-6-2-1-3-7-17/h1-9,16H,10-15H2,(H,24,28)(H,25,29). The van der Waals surface area contributed by atoms with E-state index in [1.54, 1.807) is 4.90 Å². The molecule has 0 radical (unpaired) electrons. The van der Waals surface area contributed by atoms with Crippen molar-refractivity contribution in [3.63, 3.8) is 0 Å². The molecule has 8 heteroatoms. The lowest BCUT2D eigenvalue weighted by Crippen LogP contribution is -2.48. The van der Waals surface area contributed by atoms with E-state index in [0.717, 1.165) is 5.75 Å². The minimum absolute atomic E-state index is 0.0161. The van der Waals surface area contributed by atoms with Gasteiger partial charge in [0.15, 0.2) is 0 Å². The van der Waals surface area contributed by atoms with Crippen LogP contribution in [0.15, 0.2) is 54.6 Å². The summed E-state index contributed by atoms with van der Waals surface area (Å²) < 4.78 is 19.2. The lowest BCUT2D eigenvalue weighted by molar-refractivity contribution is -0.136. The zero-order valence-corrected chi connectivity index (χ0v) is 16.5. The first-order chi connectivity index (χ1) is 14.5. The molecule has 2 aromatic rings. The van der Waals surface area contributed by atoms with Crippen molar-refractivity contribution in [1.82, 2.24) is 15.8 Å². The van der Waals surface area contributed by atoms with Crippen molar-refractivity contribution in [3.05, 3.63) is 66.0 Å². The number of amides is 3. The SMILES string of the molecule is O=C(NNC(=O)C1CCN(C(=O)CCOc2ccccc2)CC1)c1ccccc1F. The lowest BCUT2D eigenvalue weighted by Gasteiger charge is -2.31. The number of likely N-dealkylation sites (tertiary alicyclic amines) is 1. The van der Waals surface area contributed by atoms with Crippen LogP contribution in [0.25, 0.3) is 0 Å². The summed E-state index contributed by atoms with van der Waals surface area (Å²) in [6, 6.07) is 14.8. The van der Waals surface area contributed by atoms with Gasteiger partial charge in [-0.3, -0.25) is 25.2 Å². The summed E-state index contributed by atoms with van der Waals surface area (Å²) in [7, 11) is 0. The minimum atomic E-state index is -0.715. The minimum Gasteiger partial charge on any atom is -0.493 e. The summed E-state index contributed by atoms with van der Waals surface area (Å²) in [5, 5.41) is 0. The van der Waals surface area contributed by atoms with Crippen LogP contribution in [0.2, 0.25) is 0 Å². The number of hydrogen-bond donors (Lipinski definition) is 2. The number of carbonyl (C=O) groups is 3. The fourth-order valence-corrected chi connectivity index (χ4v) is 3.26. The number of hydrogen-bond acceptors (Lipinski definition) is 4. The Kier molecular flexibility index (Phi) is 7.37. The average molecular weight is 413 g/mol. The van der Waals surface area contributed by atoms with Crippen LogP contribution in [-0.4, -0.2) is 42.3 Å². The molecular weight excluding hydrogens is 389 g/mol. The number of halogens is 1. The number of ether oxygens (including phenoxy) is 1. The normalized spacial score (nSPS) is 14.1. The van der Waals surface area contributed by atoms with Crippen molar-refractivity contribution in [2.24, 2.45) is 5.92 Å². The molecule has 0 aromatic heterocycles. The van der Waals surface area contributed by atoms with Gasteiger partial charge in [-0.2, -0.15) is 0 Å². The van der Waals surface area contributed by atoms with Gasteiger partial charge in [-0.1, -0.05) is 30.3 Å². The Morgan fingerprint density at radius 1 is 0.967 bits per heavy atom. The molecule has 0 atom stereocenters. The molecule has 2 N–H and O–H groups in total. The fourth-order valence-electron chi connectivity index (χ4n) is 3.26. The van der Waals surface area contributed by atoms with Crippen molar-refractivity contribution in [2.75, 3.05) is 19.7 Å². The monoisotopic (exact) mass is 413 g/mol. The second-order valence-electron chi connectivity index (χ2n) is 6.99. The highest BCUT2D eigenvalue weighted by Crippen LogP contribution is 2.18. The molecular formula is C22H24FN3O4. The van der Waals surface area contributed by atoms with Gasteiger partial charge in [0.2, 0.25) is 11.8 Å². The van der Waals surface area contributed by atoms with E-state index in [0.29, 0.717) is 32.5 Å². The largest absolute Gasteiger partial charge is 0.493 e. The van der Waals surface area contributed by atoms with Crippen LogP contribution in [0.3, 0.4) is 0 Å². The Morgan fingerprint density at radius 2 is 1.63 bits per heavy atom. The molecule has 1 aliphatic heterocycles. The fraction of sp³-hybridized carbons (Fsp3) is 0.318. The first kappa shape index (κ1) is 21.3. The van der Waals surface area contributed by atoms with Crippen molar-refractivity contribution >= 4 is 17.7 Å². The van der Waals surface area contributed by atoms with Gasteiger partial charge in [0.1, 0.15) is 11.6 Å². The summed E-state index contributed by atoms with van der Waals surface area (Å²) >= 11 is 0. The zero-order valence-electron chi connectivity index (χ0n) is 16.5. The van der Waals surface area contributed by atoms with Crippen LogP contribution in [-0.2, 0) is 9.59 Å². The topological polar surface area (TPSA) is 87.7 Å². The number of hydrazine groups is 1. The summed E-state index contributed by atoms with van der Waals surface area (Å²) in [6.45, 7) is 1.22. The van der Waals surface area contributed by atoms with Crippen LogP contribution in [0.4, 0.5) is 4.39 Å². The number of rotatable bonds is 6. The maximum atomic E-state index is 13.6. The quantitative estimate of drug-likeness (QED) is 0.712. The highest BCUT2D eigenvalue weighted by molar-refractivity contribution is 5.95. The van der Waals surface area contributed by atoms with Crippen molar-refractivity contribution in [2.45, 2.75) is 19.3 Å². The maximum Gasteiger partial charge on any atom is 0.272 e. The van der Waals surface area contributed by atoms with Gasteiger partial charge >= 0.3 is 0 Å². The Bertz CT molecular complexity index is 883. The van der Waals surface area contributed by atoms with Crippen LogP contribution >= 0.6 is 0 Å². The molecule has 1 fully saturated rings. The third-order valence-corrected chi connectivity index (χ3v) is 4.96. The zero-order chi connectivity index (χ0) is 21.3. The van der Waals surface area contributed by atoms with Crippen LogP contribution in [0.1, 0.15) is 29.6 Å². The summed E-state index contributed by atoms with van der Waals surface area (Å²) in [6.07, 6.45) is 1.25. The van der Waals surface area contributed by atoms with E-state index in [1.807, 2.05) is 30.3 Å². The van der Waals surface area contributed by atoms with E-state index in [4.69, 9.17) is 4.74 Å². The molecule has 0 aliphatic carbocycles. The van der Waals surface area contributed by atoms with Gasteiger partial charge in [0.25, 0.3) is 5.91 Å². The number of piperidine rings is 1. The predicted octanol–water partition coefficient (Wildman–Crippen LogP) is 2.29. The molecule has 0 bridgehead atoms. The van der Waals surface area contributed by atoms with Crippen molar-refractivity contribution in [1.29, 1.82) is 0 Å². The van der Waals surface area contributed by atoms with Crippen molar-refractivity contribution in [3.8, 4) is 5.75 Å². The number of para-hydroxylation sites is 1. The van der Waals surface area contributed by atoms with Crippen LogP contribution in [0, 0.1) is 11.7 Å². The van der Waals surface area contributed by atoms with E-state index in [9.17, 15) is 18.8 Å².